The highest BCUT2D eigenvalue weighted by Crippen LogP contribution is 2.31. The Morgan fingerprint density at radius 1 is 1.10 bits per heavy atom. The highest BCUT2D eigenvalue weighted by atomic mass is 16.6. The van der Waals surface area contributed by atoms with Crippen LogP contribution in [0.2, 0.25) is 0 Å². The van der Waals surface area contributed by atoms with Gasteiger partial charge in [0.2, 0.25) is 12.1 Å². The number of nitro groups is 1. The van der Waals surface area contributed by atoms with Crippen LogP contribution in [0.3, 0.4) is 0 Å². The van der Waals surface area contributed by atoms with Crippen LogP contribution >= 0.6 is 0 Å². The van der Waals surface area contributed by atoms with Crippen LogP contribution in [0.15, 0.2) is 42.6 Å². The fourth-order valence-electron chi connectivity index (χ4n) is 3.14. The largest absolute Gasteiger partial charge is 0.497 e. The summed E-state index contributed by atoms with van der Waals surface area (Å²) in [4.78, 5) is 22.3. The molecule has 3 rings (SSSR count). The maximum Gasteiger partial charge on any atom is 0.235 e. The van der Waals surface area contributed by atoms with Gasteiger partial charge in [0.1, 0.15) is 11.5 Å². The second-order valence-electron chi connectivity index (χ2n) is 7.01. The molecule has 2 aromatic carbocycles. The van der Waals surface area contributed by atoms with Crippen molar-refractivity contribution in [2.75, 3.05) is 19.5 Å². The molecule has 0 heterocycles. The van der Waals surface area contributed by atoms with Gasteiger partial charge in [-0.3, -0.25) is 14.9 Å². The van der Waals surface area contributed by atoms with Gasteiger partial charge >= 0.3 is 0 Å². The Morgan fingerprint density at radius 2 is 1.83 bits per heavy atom. The van der Waals surface area contributed by atoms with E-state index < -0.39 is 4.92 Å². The SMILES string of the molecule is COc1cc(/C=C/c2ccc(NC(=O)C3CCC3)cc2)c(/C=C/[N+](=O)[O-])c(OC)c1. The number of rotatable bonds is 8. The van der Waals surface area contributed by atoms with E-state index in [1.165, 1.54) is 13.2 Å². The minimum absolute atomic E-state index is 0.0789. The van der Waals surface area contributed by atoms with Gasteiger partial charge in [-0.05, 0) is 42.2 Å². The van der Waals surface area contributed by atoms with Crippen molar-refractivity contribution in [2.24, 2.45) is 5.92 Å². The molecule has 0 bridgehead atoms. The van der Waals surface area contributed by atoms with Crippen molar-refractivity contribution in [2.45, 2.75) is 19.3 Å². The zero-order valence-electron chi connectivity index (χ0n) is 17.0. The summed E-state index contributed by atoms with van der Waals surface area (Å²) < 4.78 is 10.7. The number of nitrogens with zero attached hydrogens (tertiary/aromatic N) is 1. The topological polar surface area (TPSA) is 90.7 Å². The molecular formula is C23H24N2O5. The van der Waals surface area contributed by atoms with Crippen molar-refractivity contribution in [1.29, 1.82) is 0 Å². The van der Waals surface area contributed by atoms with Crippen LogP contribution in [0.4, 0.5) is 5.69 Å². The molecule has 30 heavy (non-hydrogen) atoms. The molecule has 0 aliphatic heterocycles. The molecule has 0 aromatic heterocycles. The average molecular weight is 408 g/mol. The highest BCUT2D eigenvalue weighted by molar-refractivity contribution is 5.93. The Balaban J connectivity index is 1.81. The maximum absolute atomic E-state index is 12.1. The number of amides is 1. The molecule has 0 atom stereocenters. The van der Waals surface area contributed by atoms with Crippen molar-refractivity contribution in [1.82, 2.24) is 0 Å². The fourth-order valence-corrected chi connectivity index (χ4v) is 3.14. The summed E-state index contributed by atoms with van der Waals surface area (Å²) in [6, 6.07) is 11.0. The molecular weight excluding hydrogens is 384 g/mol. The number of carbonyl (C=O) groups is 1. The van der Waals surface area contributed by atoms with Crippen LogP contribution in [0.1, 0.15) is 36.0 Å². The number of carbonyl (C=O) groups excluding carboxylic acids is 1. The number of ether oxygens (including phenoxy) is 2. The summed E-state index contributed by atoms with van der Waals surface area (Å²) in [5.41, 5.74) is 2.98. The lowest BCUT2D eigenvalue weighted by molar-refractivity contribution is -0.400. The van der Waals surface area contributed by atoms with Crippen molar-refractivity contribution in [3.63, 3.8) is 0 Å². The Kier molecular flexibility index (Phi) is 6.85. The number of anilines is 1. The summed E-state index contributed by atoms with van der Waals surface area (Å²) in [5.74, 6) is 1.27. The minimum atomic E-state index is -0.520. The number of hydrogen-bond acceptors (Lipinski definition) is 5. The summed E-state index contributed by atoms with van der Waals surface area (Å²) in [6.45, 7) is 0. The highest BCUT2D eigenvalue weighted by Gasteiger charge is 2.24. The van der Waals surface area contributed by atoms with E-state index in [0.29, 0.717) is 22.6 Å². The van der Waals surface area contributed by atoms with Gasteiger partial charge in [-0.2, -0.15) is 0 Å². The van der Waals surface area contributed by atoms with Gasteiger partial charge in [-0.15, -0.1) is 0 Å². The molecule has 7 nitrogen and oxygen atoms in total. The van der Waals surface area contributed by atoms with Crippen LogP contribution in [0, 0.1) is 16.0 Å². The first kappa shape index (κ1) is 21.1. The molecule has 1 N–H and O–H groups in total. The molecule has 1 aliphatic carbocycles. The molecule has 1 amide bonds. The predicted molar refractivity (Wildman–Crippen MR) is 117 cm³/mol. The van der Waals surface area contributed by atoms with Crippen molar-refractivity contribution in [3.8, 4) is 11.5 Å². The molecule has 0 unspecified atom stereocenters. The van der Waals surface area contributed by atoms with E-state index in [2.05, 4.69) is 5.32 Å². The predicted octanol–water partition coefficient (Wildman–Crippen LogP) is 4.86. The molecule has 1 fully saturated rings. The standard InChI is InChI=1S/C23H24N2O5/c1-29-20-14-18(21(12-13-25(27)28)22(15-20)30-2)9-6-16-7-10-19(11-8-16)24-23(26)17-4-3-5-17/h6-15,17H,3-5H2,1-2H3,(H,24,26)/b9-6+,13-12+. The first-order valence-corrected chi connectivity index (χ1v) is 9.67. The smallest absolute Gasteiger partial charge is 0.235 e. The quantitative estimate of drug-likeness (QED) is 0.383. The number of benzene rings is 2. The number of nitrogens with one attached hydrogen (secondary N) is 1. The summed E-state index contributed by atoms with van der Waals surface area (Å²) in [7, 11) is 3.05. The van der Waals surface area contributed by atoms with E-state index in [-0.39, 0.29) is 11.8 Å². The van der Waals surface area contributed by atoms with Crippen LogP contribution in [-0.2, 0) is 4.79 Å². The van der Waals surface area contributed by atoms with Crippen LogP contribution < -0.4 is 14.8 Å². The zero-order chi connectivity index (χ0) is 21.5. The fraction of sp³-hybridized carbons (Fsp3) is 0.261. The van der Waals surface area contributed by atoms with Gasteiger partial charge in [0, 0.05) is 29.3 Å². The van der Waals surface area contributed by atoms with E-state index in [9.17, 15) is 14.9 Å². The van der Waals surface area contributed by atoms with E-state index >= 15 is 0 Å². The molecule has 156 valence electrons. The van der Waals surface area contributed by atoms with E-state index in [1.807, 2.05) is 36.4 Å². The molecule has 0 saturated heterocycles. The van der Waals surface area contributed by atoms with E-state index in [0.717, 1.165) is 36.7 Å². The molecule has 1 aliphatic rings. The third-order valence-corrected chi connectivity index (χ3v) is 5.08. The zero-order valence-corrected chi connectivity index (χ0v) is 17.0. The number of hydrogen-bond donors (Lipinski definition) is 1. The first-order valence-electron chi connectivity index (χ1n) is 9.67. The monoisotopic (exact) mass is 408 g/mol. The van der Waals surface area contributed by atoms with Crippen molar-refractivity contribution in [3.05, 3.63) is 69.4 Å². The van der Waals surface area contributed by atoms with Gasteiger partial charge in [0.05, 0.1) is 19.1 Å². The van der Waals surface area contributed by atoms with Gasteiger partial charge in [0.25, 0.3) is 0 Å². The van der Waals surface area contributed by atoms with E-state index in [1.54, 1.807) is 19.2 Å². The van der Waals surface area contributed by atoms with Gasteiger partial charge in [-0.25, -0.2) is 0 Å². The summed E-state index contributed by atoms with van der Waals surface area (Å²) in [6.07, 6.45) is 9.05. The molecule has 0 radical (unpaired) electrons. The Morgan fingerprint density at radius 3 is 2.40 bits per heavy atom. The van der Waals surface area contributed by atoms with Crippen molar-refractivity contribution < 1.29 is 19.2 Å². The second-order valence-corrected chi connectivity index (χ2v) is 7.01. The maximum atomic E-state index is 12.1. The van der Waals surface area contributed by atoms with Crippen LogP contribution in [-0.4, -0.2) is 25.1 Å². The normalized spacial score (nSPS) is 13.9. The Hall–Kier alpha value is -3.61. The van der Waals surface area contributed by atoms with Crippen LogP contribution in [0.5, 0.6) is 11.5 Å². The lowest BCUT2D eigenvalue weighted by atomic mass is 9.85. The summed E-state index contributed by atoms with van der Waals surface area (Å²) >= 11 is 0. The van der Waals surface area contributed by atoms with E-state index in [4.69, 9.17) is 9.47 Å². The van der Waals surface area contributed by atoms with Gasteiger partial charge in [-0.1, -0.05) is 30.7 Å². The average Bonchev–Trinajstić information content (AvgIpc) is 2.70. The van der Waals surface area contributed by atoms with Gasteiger partial charge in [0.15, 0.2) is 0 Å². The van der Waals surface area contributed by atoms with Gasteiger partial charge < -0.3 is 14.8 Å². The second kappa shape index (κ2) is 9.73. The lowest BCUT2D eigenvalue weighted by Gasteiger charge is -2.24. The Labute approximate surface area is 175 Å². The Bertz CT molecular complexity index is 976. The van der Waals surface area contributed by atoms with Crippen molar-refractivity contribution >= 4 is 29.8 Å². The lowest BCUT2D eigenvalue weighted by Crippen LogP contribution is -2.27. The molecule has 2 aromatic rings. The first-order chi connectivity index (χ1) is 14.5. The molecule has 7 heteroatoms. The molecule has 1 saturated carbocycles. The summed E-state index contributed by atoms with van der Waals surface area (Å²) in [5, 5.41) is 13.7. The minimum Gasteiger partial charge on any atom is -0.497 e. The third kappa shape index (κ3) is 5.26. The number of methoxy groups -OCH3 is 2. The van der Waals surface area contributed by atoms with Crippen LogP contribution in [0.25, 0.3) is 18.2 Å². The third-order valence-electron chi connectivity index (χ3n) is 5.08. The molecule has 0 spiro atoms.